The van der Waals surface area contributed by atoms with Crippen molar-refractivity contribution < 1.29 is 34.7 Å². The van der Waals surface area contributed by atoms with Gasteiger partial charge in [-0.05, 0) is 30.6 Å². The molecule has 1 heterocycles. The summed E-state index contributed by atoms with van der Waals surface area (Å²) in [7, 11) is 0. The van der Waals surface area contributed by atoms with E-state index in [9.17, 15) is 20.1 Å². The molecule has 2 aliphatic rings. The molecule has 0 spiro atoms. The van der Waals surface area contributed by atoms with Gasteiger partial charge in [-0.25, -0.2) is 4.79 Å². The molecule has 2 rings (SSSR count). The minimum Gasteiger partial charge on any atom is -0.479 e. The highest BCUT2D eigenvalue weighted by Crippen LogP contribution is 2.37. The molecule has 4 N–H and O–H groups in total. The van der Waals surface area contributed by atoms with Crippen LogP contribution in [0.25, 0.3) is 0 Å². The molecule has 0 aromatic heterocycles. The fraction of sp³-hybridized carbons (Fsp3) is 0.938. The topological polar surface area (TPSA) is 116 Å². The summed E-state index contributed by atoms with van der Waals surface area (Å²) in [5.41, 5.74) is 0. The lowest BCUT2D eigenvalue weighted by atomic mass is 9.75. The summed E-state index contributed by atoms with van der Waals surface area (Å²) < 4.78 is 11.1. The molecule has 7 heteroatoms. The highest BCUT2D eigenvalue weighted by Gasteiger charge is 2.48. The Kier molecular flexibility index (Phi) is 6.02. The van der Waals surface area contributed by atoms with Gasteiger partial charge in [0.1, 0.15) is 18.3 Å². The summed E-state index contributed by atoms with van der Waals surface area (Å²) in [6.45, 7) is 6.34. The normalized spacial score (nSPS) is 45.2. The SMILES string of the molecule is CC(C)[C@@H]1CC[C@@H](C)C[C@H]1OC1O[C@H](C(=O)O)[C@@H](O)[C@H](O)[C@H]1O. The van der Waals surface area contributed by atoms with E-state index in [-0.39, 0.29) is 12.0 Å². The maximum atomic E-state index is 11.1. The van der Waals surface area contributed by atoms with Gasteiger partial charge in [0.25, 0.3) is 0 Å². The predicted molar refractivity (Wildman–Crippen MR) is 80.5 cm³/mol. The fourth-order valence-electron chi connectivity index (χ4n) is 3.61. The quantitative estimate of drug-likeness (QED) is 0.587. The van der Waals surface area contributed by atoms with E-state index < -0.39 is 36.7 Å². The van der Waals surface area contributed by atoms with Gasteiger partial charge in [0.2, 0.25) is 0 Å². The van der Waals surface area contributed by atoms with Gasteiger partial charge < -0.3 is 29.9 Å². The Morgan fingerprint density at radius 3 is 2.35 bits per heavy atom. The number of carbonyl (C=O) groups is 1. The number of aliphatic hydroxyl groups is 3. The van der Waals surface area contributed by atoms with Crippen LogP contribution in [0.2, 0.25) is 0 Å². The van der Waals surface area contributed by atoms with E-state index in [4.69, 9.17) is 14.6 Å². The van der Waals surface area contributed by atoms with Gasteiger partial charge in [0.05, 0.1) is 6.10 Å². The van der Waals surface area contributed by atoms with Gasteiger partial charge in [-0.3, -0.25) is 0 Å². The van der Waals surface area contributed by atoms with Crippen LogP contribution in [0.3, 0.4) is 0 Å². The van der Waals surface area contributed by atoms with Crippen molar-refractivity contribution in [3.05, 3.63) is 0 Å². The number of carboxylic acid groups (broad SMARTS) is 1. The van der Waals surface area contributed by atoms with Crippen LogP contribution < -0.4 is 0 Å². The van der Waals surface area contributed by atoms with E-state index in [2.05, 4.69) is 20.8 Å². The van der Waals surface area contributed by atoms with Crippen LogP contribution in [0.4, 0.5) is 0 Å². The largest absolute Gasteiger partial charge is 0.479 e. The van der Waals surface area contributed by atoms with Crippen LogP contribution >= 0.6 is 0 Å². The molecule has 134 valence electrons. The van der Waals surface area contributed by atoms with Crippen LogP contribution in [0, 0.1) is 17.8 Å². The standard InChI is InChI=1S/C16H28O7/c1-7(2)9-5-4-8(3)6-10(9)22-16-13(19)11(17)12(18)14(23-16)15(20)21/h7-14,16-19H,4-6H2,1-3H3,(H,20,21)/t8-,9+,10-,11+,12+,13-,14+,16?/m1/s1. The number of rotatable bonds is 4. The Morgan fingerprint density at radius 2 is 1.78 bits per heavy atom. The first-order valence-electron chi connectivity index (χ1n) is 8.30. The lowest BCUT2D eigenvalue weighted by molar-refractivity contribution is -0.311. The average Bonchev–Trinajstić information content (AvgIpc) is 2.47. The van der Waals surface area contributed by atoms with Crippen LogP contribution in [-0.2, 0) is 14.3 Å². The van der Waals surface area contributed by atoms with Gasteiger partial charge in [0, 0.05) is 0 Å². The Morgan fingerprint density at radius 1 is 1.13 bits per heavy atom. The highest BCUT2D eigenvalue weighted by atomic mass is 16.7. The summed E-state index contributed by atoms with van der Waals surface area (Å²) in [4.78, 5) is 11.1. The molecule has 8 atom stereocenters. The second-order valence-corrected chi connectivity index (χ2v) is 7.24. The molecule has 2 fully saturated rings. The Labute approximate surface area is 136 Å². The number of ether oxygens (including phenoxy) is 2. The zero-order valence-corrected chi connectivity index (χ0v) is 13.8. The van der Waals surface area contributed by atoms with Crippen LogP contribution in [-0.4, -0.2) is 63.2 Å². The van der Waals surface area contributed by atoms with E-state index >= 15 is 0 Å². The third-order valence-electron chi connectivity index (χ3n) is 5.08. The maximum absolute atomic E-state index is 11.1. The van der Waals surface area contributed by atoms with Crippen molar-refractivity contribution in [3.63, 3.8) is 0 Å². The molecular formula is C16H28O7. The molecule has 1 aliphatic carbocycles. The summed E-state index contributed by atoms with van der Waals surface area (Å²) in [5, 5.41) is 38.7. The molecule has 1 saturated carbocycles. The maximum Gasteiger partial charge on any atom is 0.335 e. The number of aliphatic carboxylic acids is 1. The fourth-order valence-corrected chi connectivity index (χ4v) is 3.61. The second kappa shape index (κ2) is 7.44. The number of aliphatic hydroxyl groups excluding tert-OH is 3. The van der Waals surface area contributed by atoms with E-state index in [1.54, 1.807) is 0 Å². The molecule has 0 bridgehead atoms. The van der Waals surface area contributed by atoms with Crippen molar-refractivity contribution in [2.45, 2.75) is 76.8 Å². The molecular weight excluding hydrogens is 304 g/mol. The first-order chi connectivity index (χ1) is 10.7. The first-order valence-corrected chi connectivity index (χ1v) is 8.30. The van der Waals surface area contributed by atoms with E-state index in [0.29, 0.717) is 11.8 Å². The summed E-state index contributed by atoms with van der Waals surface area (Å²) in [5.74, 6) is -0.246. The van der Waals surface area contributed by atoms with E-state index in [1.807, 2.05) is 0 Å². The third kappa shape index (κ3) is 4.03. The molecule has 1 unspecified atom stereocenters. The van der Waals surface area contributed by atoms with Crippen molar-refractivity contribution >= 4 is 5.97 Å². The van der Waals surface area contributed by atoms with E-state index in [1.165, 1.54) is 0 Å². The molecule has 23 heavy (non-hydrogen) atoms. The summed E-state index contributed by atoms with van der Waals surface area (Å²) >= 11 is 0. The number of hydrogen-bond acceptors (Lipinski definition) is 6. The molecule has 1 aliphatic heterocycles. The summed E-state index contributed by atoms with van der Waals surface area (Å²) in [6, 6.07) is 0. The third-order valence-corrected chi connectivity index (χ3v) is 5.08. The smallest absolute Gasteiger partial charge is 0.335 e. The van der Waals surface area contributed by atoms with Gasteiger partial charge in [-0.2, -0.15) is 0 Å². The predicted octanol–water partition coefficient (Wildman–Crippen LogP) is 0.356. The number of carboxylic acids is 1. The van der Waals surface area contributed by atoms with Gasteiger partial charge in [-0.15, -0.1) is 0 Å². The molecule has 0 aromatic carbocycles. The van der Waals surface area contributed by atoms with Gasteiger partial charge in [0.15, 0.2) is 12.4 Å². The molecule has 0 radical (unpaired) electrons. The van der Waals surface area contributed by atoms with Crippen molar-refractivity contribution in [2.24, 2.45) is 17.8 Å². The molecule has 7 nitrogen and oxygen atoms in total. The zero-order valence-electron chi connectivity index (χ0n) is 13.8. The van der Waals surface area contributed by atoms with E-state index in [0.717, 1.165) is 19.3 Å². The van der Waals surface area contributed by atoms with Crippen molar-refractivity contribution in [1.82, 2.24) is 0 Å². The molecule has 1 saturated heterocycles. The minimum atomic E-state index is -1.69. The number of hydrogen-bond donors (Lipinski definition) is 4. The Bertz CT molecular complexity index is 413. The average molecular weight is 332 g/mol. The Balaban J connectivity index is 2.11. The Hall–Kier alpha value is -0.730. The van der Waals surface area contributed by atoms with Gasteiger partial charge >= 0.3 is 5.97 Å². The van der Waals surface area contributed by atoms with Crippen molar-refractivity contribution in [2.75, 3.05) is 0 Å². The molecule has 0 aromatic rings. The van der Waals surface area contributed by atoms with Crippen LogP contribution in [0.5, 0.6) is 0 Å². The summed E-state index contributed by atoms with van der Waals surface area (Å²) in [6.07, 6.45) is -4.92. The van der Waals surface area contributed by atoms with Crippen molar-refractivity contribution in [3.8, 4) is 0 Å². The zero-order chi connectivity index (χ0) is 17.3. The minimum absolute atomic E-state index is 0.171. The van der Waals surface area contributed by atoms with Crippen LogP contribution in [0.1, 0.15) is 40.0 Å². The van der Waals surface area contributed by atoms with Gasteiger partial charge in [-0.1, -0.05) is 27.2 Å². The second-order valence-electron chi connectivity index (χ2n) is 7.24. The first kappa shape index (κ1) is 18.6. The molecule has 0 amide bonds. The van der Waals surface area contributed by atoms with Crippen LogP contribution in [0.15, 0.2) is 0 Å². The lowest BCUT2D eigenvalue weighted by Crippen LogP contribution is -2.61. The monoisotopic (exact) mass is 332 g/mol. The highest BCUT2D eigenvalue weighted by molar-refractivity contribution is 5.73. The lowest BCUT2D eigenvalue weighted by Gasteiger charge is -2.43. The van der Waals surface area contributed by atoms with Crippen molar-refractivity contribution in [1.29, 1.82) is 0 Å².